The first-order valence-electron chi connectivity index (χ1n) is 3.41. The minimum Gasteiger partial charge on any atom is -0.403 e. The first-order chi connectivity index (χ1) is 6.79. The number of hydrogen-bond donors (Lipinski definition) is 0. The van der Waals surface area contributed by atoms with E-state index in [4.69, 9.17) is 11.6 Å². The third kappa shape index (κ3) is 3.67. The van der Waals surface area contributed by atoms with Gasteiger partial charge in [0, 0.05) is 6.20 Å². The first-order valence-corrected chi connectivity index (χ1v) is 4.58. The molecule has 3 nitrogen and oxygen atoms in total. The van der Waals surface area contributed by atoms with Crippen molar-refractivity contribution in [2.75, 3.05) is 0 Å². The maximum absolute atomic E-state index is 11.9. The zero-order chi connectivity index (χ0) is 11.6. The van der Waals surface area contributed by atoms with Crippen LogP contribution in [-0.2, 0) is 0 Å². The number of pyridine rings is 1. The highest BCUT2D eigenvalue weighted by molar-refractivity contribution is 9.10. The molecule has 0 aliphatic carbocycles. The molecule has 0 aliphatic rings. The summed E-state index contributed by atoms with van der Waals surface area (Å²) in [6.45, 7) is 0. The molecule has 0 aromatic carbocycles. The van der Waals surface area contributed by atoms with Crippen molar-refractivity contribution >= 4 is 32.8 Å². The normalized spacial score (nSPS) is 11.3. The largest absolute Gasteiger partial charge is 0.573 e. The van der Waals surface area contributed by atoms with Crippen molar-refractivity contribution in [2.24, 2.45) is 0 Å². The van der Waals surface area contributed by atoms with E-state index in [1.54, 1.807) is 0 Å². The van der Waals surface area contributed by atoms with Gasteiger partial charge in [-0.2, -0.15) is 0 Å². The molecule has 0 atom stereocenters. The minimum atomic E-state index is -4.85. The van der Waals surface area contributed by atoms with Crippen molar-refractivity contribution in [1.82, 2.24) is 4.98 Å². The third-order valence-electron chi connectivity index (χ3n) is 1.26. The van der Waals surface area contributed by atoms with Gasteiger partial charge in [0.25, 0.3) is 5.24 Å². The molecule has 0 amide bonds. The first kappa shape index (κ1) is 12.3. The summed E-state index contributed by atoms with van der Waals surface area (Å²) in [5.41, 5.74) is -0.181. The molecular formula is C7H2BrClF3NO2. The molecule has 0 saturated carbocycles. The van der Waals surface area contributed by atoms with Crippen LogP contribution in [0.25, 0.3) is 0 Å². The summed E-state index contributed by atoms with van der Waals surface area (Å²) in [4.78, 5) is 14.1. The van der Waals surface area contributed by atoms with Crippen molar-refractivity contribution < 1.29 is 22.7 Å². The summed E-state index contributed by atoms with van der Waals surface area (Å²) >= 11 is 7.81. The summed E-state index contributed by atoms with van der Waals surface area (Å²) in [6, 6.07) is 0.847. The van der Waals surface area contributed by atoms with E-state index in [0.717, 1.165) is 12.3 Å². The molecule has 1 aromatic rings. The lowest BCUT2D eigenvalue weighted by Crippen LogP contribution is -2.18. The molecule has 0 spiro atoms. The Balaban J connectivity index is 3.06. The van der Waals surface area contributed by atoms with E-state index in [1.165, 1.54) is 0 Å². The number of halogens is 5. The molecule has 1 heterocycles. The van der Waals surface area contributed by atoms with Crippen molar-refractivity contribution in [2.45, 2.75) is 6.36 Å². The lowest BCUT2D eigenvalue weighted by molar-refractivity contribution is -0.275. The Morgan fingerprint density at radius 2 is 2.13 bits per heavy atom. The van der Waals surface area contributed by atoms with E-state index in [9.17, 15) is 18.0 Å². The van der Waals surface area contributed by atoms with Gasteiger partial charge in [-0.15, -0.1) is 13.2 Å². The van der Waals surface area contributed by atoms with Gasteiger partial charge in [0.05, 0.1) is 5.56 Å². The van der Waals surface area contributed by atoms with E-state index in [1.807, 2.05) is 0 Å². The molecule has 82 valence electrons. The van der Waals surface area contributed by atoms with Gasteiger partial charge in [0.15, 0.2) is 5.75 Å². The van der Waals surface area contributed by atoms with Crippen LogP contribution in [0.15, 0.2) is 16.9 Å². The second-order valence-corrected chi connectivity index (χ2v) is 3.43. The Morgan fingerprint density at radius 1 is 1.53 bits per heavy atom. The second-order valence-electron chi connectivity index (χ2n) is 2.33. The van der Waals surface area contributed by atoms with Gasteiger partial charge < -0.3 is 4.74 Å². The number of carbonyl (C=O) groups is 1. The molecule has 1 rings (SSSR count). The molecular weight excluding hydrogens is 302 g/mol. The van der Waals surface area contributed by atoms with Crippen LogP contribution in [0.5, 0.6) is 5.75 Å². The van der Waals surface area contributed by atoms with Gasteiger partial charge in [0.2, 0.25) is 0 Å². The predicted octanol–water partition coefficient (Wildman–Crippen LogP) is 3.12. The third-order valence-corrected chi connectivity index (χ3v) is 2.07. The number of aromatic nitrogens is 1. The maximum atomic E-state index is 11.9. The highest BCUT2D eigenvalue weighted by Gasteiger charge is 2.32. The molecule has 0 fully saturated rings. The lowest BCUT2D eigenvalue weighted by atomic mass is 10.3. The smallest absolute Gasteiger partial charge is 0.403 e. The number of nitrogens with zero attached hydrogens (tertiary/aromatic N) is 1. The monoisotopic (exact) mass is 303 g/mol. The molecule has 15 heavy (non-hydrogen) atoms. The molecule has 8 heteroatoms. The maximum Gasteiger partial charge on any atom is 0.573 e. The van der Waals surface area contributed by atoms with Crippen LogP contribution in [0.2, 0.25) is 0 Å². The van der Waals surface area contributed by atoms with Crippen molar-refractivity contribution in [3.05, 3.63) is 22.4 Å². The predicted molar refractivity (Wildman–Crippen MR) is 48.8 cm³/mol. The van der Waals surface area contributed by atoms with Gasteiger partial charge in [0.1, 0.15) is 4.60 Å². The average Bonchev–Trinajstić information content (AvgIpc) is 2.06. The number of ether oxygens (including phenoxy) is 1. The van der Waals surface area contributed by atoms with Crippen molar-refractivity contribution in [1.29, 1.82) is 0 Å². The second kappa shape index (κ2) is 4.36. The number of rotatable bonds is 2. The zero-order valence-corrected chi connectivity index (χ0v) is 9.15. The average molecular weight is 304 g/mol. The summed E-state index contributed by atoms with van der Waals surface area (Å²) in [6.07, 6.45) is -3.82. The van der Waals surface area contributed by atoms with E-state index >= 15 is 0 Å². The Bertz CT molecular complexity index is 396. The summed E-state index contributed by atoms with van der Waals surface area (Å²) in [5.74, 6) is -0.617. The van der Waals surface area contributed by atoms with Crippen LogP contribution in [0.3, 0.4) is 0 Å². The van der Waals surface area contributed by atoms with E-state index in [-0.39, 0.29) is 10.2 Å². The fourth-order valence-corrected chi connectivity index (χ4v) is 1.13. The Labute approximate surface area is 95.3 Å². The Hall–Kier alpha value is -0.820. The van der Waals surface area contributed by atoms with Crippen molar-refractivity contribution in [3.63, 3.8) is 0 Å². The standard InChI is InChI=1S/C7H2BrClF3NO2/c8-5-4(15-7(10,11)12)1-3(2-13-5)6(9)14/h1-2H. The molecule has 0 bridgehead atoms. The fraction of sp³-hybridized carbons (Fsp3) is 0.143. The van der Waals surface area contributed by atoms with Crippen LogP contribution in [0, 0.1) is 0 Å². The molecule has 0 aliphatic heterocycles. The Kier molecular flexibility index (Phi) is 3.56. The number of alkyl halides is 3. The number of hydrogen-bond acceptors (Lipinski definition) is 3. The summed E-state index contributed by atoms with van der Waals surface area (Å²) < 4.78 is 39.0. The van der Waals surface area contributed by atoms with Gasteiger partial charge in [-0.05, 0) is 33.6 Å². The fourth-order valence-electron chi connectivity index (χ4n) is 0.732. The van der Waals surface area contributed by atoms with Gasteiger partial charge in [-0.1, -0.05) is 0 Å². The zero-order valence-electron chi connectivity index (χ0n) is 6.81. The van der Waals surface area contributed by atoms with Crippen LogP contribution >= 0.6 is 27.5 Å². The van der Waals surface area contributed by atoms with Crippen LogP contribution in [0.4, 0.5) is 13.2 Å². The van der Waals surface area contributed by atoms with Gasteiger partial charge in [-0.25, -0.2) is 4.98 Å². The molecule has 0 radical (unpaired) electrons. The van der Waals surface area contributed by atoms with Gasteiger partial charge >= 0.3 is 6.36 Å². The molecule has 0 unspecified atom stereocenters. The van der Waals surface area contributed by atoms with Crippen LogP contribution < -0.4 is 4.74 Å². The highest BCUT2D eigenvalue weighted by atomic mass is 79.9. The van der Waals surface area contributed by atoms with Crippen LogP contribution in [0.1, 0.15) is 10.4 Å². The highest BCUT2D eigenvalue weighted by Crippen LogP contribution is 2.29. The Morgan fingerprint density at radius 3 is 2.60 bits per heavy atom. The topological polar surface area (TPSA) is 39.2 Å². The molecule has 0 N–H and O–H groups in total. The lowest BCUT2D eigenvalue weighted by Gasteiger charge is -2.10. The van der Waals surface area contributed by atoms with E-state index in [0.29, 0.717) is 0 Å². The van der Waals surface area contributed by atoms with E-state index in [2.05, 4.69) is 25.7 Å². The van der Waals surface area contributed by atoms with Crippen LogP contribution in [-0.4, -0.2) is 16.6 Å². The molecule has 0 saturated heterocycles. The molecule has 1 aromatic heterocycles. The quantitative estimate of drug-likeness (QED) is 0.622. The van der Waals surface area contributed by atoms with Crippen molar-refractivity contribution in [3.8, 4) is 5.75 Å². The SMILES string of the molecule is O=C(Cl)c1cnc(Br)c(OC(F)(F)F)c1. The summed E-state index contributed by atoms with van der Waals surface area (Å²) in [5, 5.41) is -0.915. The minimum absolute atomic E-state index is 0.165. The summed E-state index contributed by atoms with van der Waals surface area (Å²) in [7, 11) is 0. The van der Waals surface area contributed by atoms with E-state index < -0.39 is 17.4 Å². The number of carbonyl (C=O) groups excluding carboxylic acids is 1. The van der Waals surface area contributed by atoms with Gasteiger partial charge in [-0.3, -0.25) is 4.79 Å².